The first-order valence-electron chi connectivity index (χ1n) is 11.9. The standard InChI is InChI=1S/C25H28N10/c1-17-11-20(18-12-30-25-26-5-6-35(25)16-18)21-14-29-24(32-22(21)15-27-17)31-19-3-4-23(28-13-19)34-9-7-33(2)8-10-34/h3-6,11-14,16-17,27H,7-10,15H2,1-2H3,(H,29,31,32)/t17-/m1/s1. The third-order valence-electron chi connectivity index (χ3n) is 6.55. The van der Waals surface area contributed by atoms with Crippen LogP contribution in [0.15, 0.2) is 55.4 Å². The highest BCUT2D eigenvalue weighted by atomic mass is 15.3. The third kappa shape index (κ3) is 4.45. The summed E-state index contributed by atoms with van der Waals surface area (Å²) < 4.78 is 1.93. The SMILES string of the molecule is C[C@@H]1C=C(c2cnc3nccn3c2)c2cnc(Nc3ccc(N4CCN(C)CC4)nc3)nc2CN1. The van der Waals surface area contributed by atoms with Crippen LogP contribution < -0.4 is 15.5 Å². The highest BCUT2D eigenvalue weighted by molar-refractivity contribution is 5.81. The summed E-state index contributed by atoms with van der Waals surface area (Å²) in [5, 5.41) is 6.83. The van der Waals surface area contributed by atoms with Crippen molar-refractivity contribution < 1.29 is 0 Å². The fraction of sp³-hybridized carbons (Fsp3) is 0.320. The molecule has 2 aliphatic rings. The van der Waals surface area contributed by atoms with Crippen molar-refractivity contribution in [3.05, 3.63) is 72.2 Å². The van der Waals surface area contributed by atoms with Crippen LogP contribution in [0.1, 0.15) is 23.7 Å². The molecule has 0 saturated carbocycles. The van der Waals surface area contributed by atoms with E-state index < -0.39 is 0 Å². The van der Waals surface area contributed by atoms with Gasteiger partial charge in [-0.1, -0.05) is 6.08 Å². The number of piperazine rings is 1. The van der Waals surface area contributed by atoms with Crippen LogP contribution in [-0.2, 0) is 6.54 Å². The number of likely N-dealkylation sites (N-methyl/N-ethyl adjacent to an activating group) is 1. The molecule has 1 fully saturated rings. The minimum Gasteiger partial charge on any atom is -0.354 e. The van der Waals surface area contributed by atoms with Crippen molar-refractivity contribution in [2.24, 2.45) is 0 Å². The molecule has 6 heterocycles. The zero-order chi connectivity index (χ0) is 23.8. The van der Waals surface area contributed by atoms with Gasteiger partial charge in [0, 0.05) is 80.9 Å². The van der Waals surface area contributed by atoms with Gasteiger partial charge in [-0.2, -0.15) is 0 Å². The maximum Gasteiger partial charge on any atom is 0.233 e. The molecule has 0 aromatic carbocycles. The molecule has 0 spiro atoms. The van der Waals surface area contributed by atoms with Crippen molar-refractivity contribution in [3.63, 3.8) is 0 Å². The molecule has 10 heteroatoms. The van der Waals surface area contributed by atoms with E-state index in [-0.39, 0.29) is 6.04 Å². The number of rotatable bonds is 4. The Bertz CT molecular complexity index is 1370. The summed E-state index contributed by atoms with van der Waals surface area (Å²) in [6, 6.07) is 4.27. The van der Waals surface area contributed by atoms with E-state index in [1.165, 1.54) is 0 Å². The Morgan fingerprint density at radius 1 is 1.00 bits per heavy atom. The summed E-state index contributed by atoms with van der Waals surface area (Å²) in [5.74, 6) is 2.23. The Morgan fingerprint density at radius 3 is 2.71 bits per heavy atom. The Balaban J connectivity index is 1.24. The molecule has 4 aromatic rings. The molecule has 0 aliphatic carbocycles. The van der Waals surface area contributed by atoms with Crippen LogP contribution in [0, 0.1) is 0 Å². The number of imidazole rings is 1. The lowest BCUT2D eigenvalue weighted by Crippen LogP contribution is -2.44. The summed E-state index contributed by atoms with van der Waals surface area (Å²) in [4.78, 5) is 27.5. The van der Waals surface area contributed by atoms with Crippen LogP contribution in [0.5, 0.6) is 0 Å². The zero-order valence-corrected chi connectivity index (χ0v) is 19.9. The molecule has 2 N–H and O–H groups in total. The van der Waals surface area contributed by atoms with Gasteiger partial charge < -0.3 is 20.4 Å². The molecule has 35 heavy (non-hydrogen) atoms. The summed E-state index contributed by atoms with van der Waals surface area (Å²) in [6.45, 7) is 6.88. The molecule has 2 aliphatic heterocycles. The molecule has 1 saturated heterocycles. The Morgan fingerprint density at radius 2 is 1.89 bits per heavy atom. The van der Waals surface area contributed by atoms with Gasteiger partial charge in [0.05, 0.1) is 17.6 Å². The predicted molar refractivity (Wildman–Crippen MR) is 136 cm³/mol. The number of pyridine rings is 1. The monoisotopic (exact) mass is 468 g/mol. The van der Waals surface area contributed by atoms with Crippen LogP contribution in [0.4, 0.5) is 17.5 Å². The van der Waals surface area contributed by atoms with Gasteiger partial charge in [0.1, 0.15) is 5.82 Å². The van der Waals surface area contributed by atoms with Crippen molar-refractivity contribution in [2.45, 2.75) is 19.5 Å². The molecule has 6 rings (SSSR count). The number of nitrogens with one attached hydrogen (secondary N) is 2. The Labute approximate surface area is 203 Å². The first-order chi connectivity index (χ1) is 17.1. The maximum absolute atomic E-state index is 4.84. The quantitative estimate of drug-likeness (QED) is 0.467. The number of hydrogen-bond acceptors (Lipinski definition) is 9. The van der Waals surface area contributed by atoms with Gasteiger partial charge in [0.15, 0.2) is 0 Å². The normalized spacial score (nSPS) is 18.7. The molecule has 10 nitrogen and oxygen atoms in total. The van der Waals surface area contributed by atoms with Crippen LogP contribution in [0.2, 0.25) is 0 Å². The average molecular weight is 469 g/mol. The smallest absolute Gasteiger partial charge is 0.233 e. The summed E-state index contributed by atoms with van der Waals surface area (Å²) in [5.41, 5.74) is 4.86. The van der Waals surface area contributed by atoms with Crippen LogP contribution >= 0.6 is 0 Å². The van der Waals surface area contributed by atoms with Crippen molar-refractivity contribution >= 4 is 28.8 Å². The first-order valence-corrected chi connectivity index (χ1v) is 11.9. The van der Waals surface area contributed by atoms with E-state index in [1.54, 1.807) is 6.20 Å². The fourth-order valence-corrected chi connectivity index (χ4v) is 4.51. The topological polar surface area (TPSA) is 99.4 Å². The van der Waals surface area contributed by atoms with Crippen molar-refractivity contribution in [3.8, 4) is 0 Å². The van der Waals surface area contributed by atoms with E-state index in [0.717, 1.165) is 60.1 Å². The van der Waals surface area contributed by atoms with E-state index in [4.69, 9.17) is 4.98 Å². The van der Waals surface area contributed by atoms with Crippen LogP contribution in [0.25, 0.3) is 11.4 Å². The second-order valence-corrected chi connectivity index (χ2v) is 9.10. The van der Waals surface area contributed by atoms with E-state index in [1.807, 2.05) is 41.5 Å². The molecule has 0 bridgehead atoms. The molecule has 0 unspecified atom stereocenters. The molecular weight excluding hydrogens is 440 g/mol. The second kappa shape index (κ2) is 9.05. The molecule has 0 amide bonds. The number of hydrogen-bond donors (Lipinski definition) is 2. The number of anilines is 3. The van der Waals surface area contributed by atoms with E-state index in [9.17, 15) is 0 Å². The van der Waals surface area contributed by atoms with Gasteiger partial charge in [-0.05, 0) is 31.7 Å². The van der Waals surface area contributed by atoms with Gasteiger partial charge in [-0.25, -0.2) is 24.9 Å². The first kappa shape index (κ1) is 21.6. The Hall–Kier alpha value is -3.89. The lowest BCUT2D eigenvalue weighted by Gasteiger charge is -2.33. The van der Waals surface area contributed by atoms with E-state index >= 15 is 0 Å². The minimum absolute atomic E-state index is 0.181. The fourth-order valence-electron chi connectivity index (χ4n) is 4.51. The zero-order valence-electron chi connectivity index (χ0n) is 19.9. The molecule has 4 aromatic heterocycles. The van der Waals surface area contributed by atoms with Gasteiger partial charge in [-0.15, -0.1) is 0 Å². The van der Waals surface area contributed by atoms with Crippen LogP contribution in [-0.4, -0.2) is 73.5 Å². The van der Waals surface area contributed by atoms with Gasteiger partial charge in [0.2, 0.25) is 11.7 Å². The predicted octanol–water partition coefficient (Wildman–Crippen LogP) is 2.33. The summed E-state index contributed by atoms with van der Waals surface area (Å²) in [6.07, 6.45) is 13.5. The van der Waals surface area contributed by atoms with Crippen LogP contribution in [0.3, 0.4) is 0 Å². The number of nitrogens with zero attached hydrogens (tertiary/aromatic N) is 8. The summed E-state index contributed by atoms with van der Waals surface area (Å²) in [7, 11) is 2.16. The Kier molecular flexibility index (Phi) is 5.59. The lowest BCUT2D eigenvalue weighted by molar-refractivity contribution is 0.312. The maximum atomic E-state index is 4.84. The third-order valence-corrected chi connectivity index (χ3v) is 6.55. The van der Waals surface area contributed by atoms with Crippen molar-refractivity contribution in [2.75, 3.05) is 43.4 Å². The lowest BCUT2D eigenvalue weighted by atomic mass is 9.99. The highest BCUT2D eigenvalue weighted by Gasteiger charge is 2.20. The average Bonchev–Trinajstić information content (AvgIpc) is 3.29. The van der Waals surface area contributed by atoms with E-state index in [2.05, 4.69) is 66.5 Å². The van der Waals surface area contributed by atoms with E-state index in [0.29, 0.717) is 18.3 Å². The summed E-state index contributed by atoms with van der Waals surface area (Å²) >= 11 is 0. The molecular formula is C25H28N10. The van der Waals surface area contributed by atoms with Crippen molar-refractivity contribution in [1.82, 2.24) is 39.5 Å². The largest absolute Gasteiger partial charge is 0.354 e. The molecule has 0 radical (unpaired) electrons. The van der Waals surface area contributed by atoms with Gasteiger partial charge in [-0.3, -0.25) is 4.40 Å². The molecule has 178 valence electrons. The second-order valence-electron chi connectivity index (χ2n) is 9.10. The van der Waals surface area contributed by atoms with Crippen molar-refractivity contribution in [1.29, 1.82) is 0 Å². The molecule has 1 atom stereocenters. The van der Waals surface area contributed by atoms with Gasteiger partial charge in [0.25, 0.3) is 0 Å². The highest BCUT2D eigenvalue weighted by Crippen LogP contribution is 2.29. The van der Waals surface area contributed by atoms with Gasteiger partial charge >= 0.3 is 0 Å². The minimum atomic E-state index is 0.181. The number of fused-ring (bicyclic) bond motifs is 2. The number of aromatic nitrogens is 6.